The highest BCUT2D eigenvalue weighted by molar-refractivity contribution is 7.55. The number of hydrogen-bond donors (Lipinski definition) is 1. The number of nitrogens with one attached hydrogen (secondary N) is 1. The third-order valence-corrected chi connectivity index (χ3v) is 7.31. The van der Waals surface area contributed by atoms with Gasteiger partial charge < -0.3 is 14.6 Å². The standard InChI is InChI=1S/C21H24F3N2O4P/c1-29-31(2,28)26-12-10-18(11-13-26)25-20(27)17-5-3-4-16(14-17)15-6-8-19(9-7-15)30-21(22,23)24/h3-9,14,18H,10-13H2,1-2H3,(H,25,27). The lowest BCUT2D eigenvalue weighted by Crippen LogP contribution is -2.43. The molecule has 1 atom stereocenters. The third-order valence-electron chi connectivity index (χ3n) is 5.21. The molecule has 1 saturated heterocycles. The summed E-state index contributed by atoms with van der Waals surface area (Å²) < 4.78 is 60.0. The van der Waals surface area contributed by atoms with E-state index in [4.69, 9.17) is 4.52 Å². The molecule has 168 valence electrons. The number of amides is 1. The van der Waals surface area contributed by atoms with Crippen LogP contribution >= 0.6 is 7.52 Å². The molecule has 0 radical (unpaired) electrons. The normalized spacial score (nSPS) is 17.7. The zero-order chi connectivity index (χ0) is 22.6. The number of nitrogens with zero attached hydrogens (tertiary/aromatic N) is 1. The predicted octanol–water partition coefficient (Wildman–Crippen LogP) is 4.92. The second-order valence-electron chi connectivity index (χ2n) is 7.34. The minimum absolute atomic E-state index is 0.0388. The van der Waals surface area contributed by atoms with Crippen LogP contribution in [0.4, 0.5) is 13.2 Å². The molecule has 1 aliphatic rings. The lowest BCUT2D eigenvalue weighted by molar-refractivity contribution is -0.274. The first-order chi connectivity index (χ1) is 14.6. The summed E-state index contributed by atoms with van der Waals surface area (Å²) in [4.78, 5) is 12.7. The van der Waals surface area contributed by atoms with Gasteiger partial charge >= 0.3 is 6.36 Å². The maximum atomic E-state index is 12.7. The summed E-state index contributed by atoms with van der Waals surface area (Å²) in [6.07, 6.45) is -3.42. The fourth-order valence-electron chi connectivity index (χ4n) is 3.45. The van der Waals surface area contributed by atoms with Gasteiger partial charge in [0.15, 0.2) is 0 Å². The van der Waals surface area contributed by atoms with Gasteiger partial charge in [0.1, 0.15) is 5.75 Å². The largest absolute Gasteiger partial charge is 0.573 e. The van der Waals surface area contributed by atoms with Gasteiger partial charge in [-0.1, -0.05) is 24.3 Å². The van der Waals surface area contributed by atoms with E-state index in [9.17, 15) is 22.5 Å². The zero-order valence-electron chi connectivity index (χ0n) is 17.2. The highest BCUT2D eigenvalue weighted by Crippen LogP contribution is 2.47. The highest BCUT2D eigenvalue weighted by Gasteiger charge is 2.31. The van der Waals surface area contributed by atoms with Crippen molar-refractivity contribution >= 4 is 13.4 Å². The Balaban J connectivity index is 1.62. The molecule has 1 aliphatic heterocycles. The predicted molar refractivity (Wildman–Crippen MR) is 111 cm³/mol. The van der Waals surface area contributed by atoms with E-state index < -0.39 is 13.9 Å². The van der Waals surface area contributed by atoms with Crippen LogP contribution in [0.15, 0.2) is 48.5 Å². The number of rotatable bonds is 6. The summed E-state index contributed by atoms with van der Waals surface area (Å²) in [5.74, 6) is -0.537. The second kappa shape index (κ2) is 9.42. The first-order valence-electron chi connectivity index (χ1n) is 9.73. The molecular weight excluding hydrogens is 432 g/mol. The molecule has 1 amide bonds. The summed E-state index contributed by atoms with van der Waals surface area (Å²) in [5, 5.41) is 3.00. The number of hydrogen-bond acceptors (Lipinski definition) is 4. The van der Waals surface area contributed by atoms with Gasteiger partial charge in [-0.3, -0.25) is 9.36 Å². The molecule has 2 aromatic carbocycles. The number of piperidine rings is 1. The average Bonchev–Trinajstić information content (AvgIpc) is 2.73. The Morgan fingerprint density at radius 2 is 1.74 bits per heavy atom. The Morgan fingerprint density at radius 3 is 2.32 bits per heavy atom. The minimum atomic E-state index is -4.74. The van der Waals surface area contributed by atoms with Crippen molar-refractivity contribution in [3.8, 4) is 16.9 Å². The van der Waals surface area contributed by atoms with Crippen LogP contribution in [0.1, 0.15) is 23.2 Å². The van der Waals surface area contributed by atoms with Crippen molar-refractivity contribution in [1.29, 1.82) is 0 Å². The number of carbonyl (C=O) groups is 1. The highest BCUT2D eigenvalue weighted by atomic mass is 31.2. The van der Waals surface area contributed by atoms with E-state index in [1.165, 1.54) is 31.4 Å². The fraction of sp³-hybridized carbons (Fsp3) is 0.381. The lowest BCUT2D eigenvalue weighted by atomic mass is 10.0. The van der Waals surface area contributed by atoms with E-state index >= 15 is 0 Å². The quantitative estimate of drug-likeness (QED) is 0.626. The molecule has 1 N–H and O–H groups in total. The second-order valence-corrected chi connectivity index (χ2v) is 9.88. The Hall–Kier alpha value is -2.35. The van der Waals surface area contributed by atoms with E-state index in [0.29, 0.717) is 42.6 Å². The Labute approximate surface area is 178 Å². The molecule has 0 aliphatic carbocycles. The molecule has 2 aromatic rings. The molecule has 1 fully saturated rings. The average molecular weight is 456 g/mol. The number of benzene rings is 2. The number of ether oxygens (including phenoxy) is 1. The lowest BCUT2D eigenvalue weighted by Gasteiger charge is -2.34. The topological polar surface area (TPSA) is 67.9 Å². The third kappa shape index (κ3) is 6.32. The van der Waals surface area contributed by atoms with Crippen LogP contribution in [-0.2, 0) is 9.09 Å². The molecule has 0 saturated carbocycles. The van der Waals surface area contributed by atoms with Gasteiger partial charge in [0.2, 0.25) is 0 Å². The van der Waals surface area contributed by atoms with Crippen LogP contribution in [0.5, 0.6) is 5.75 Å². The molecule has 0 bridgehead atoms. The van der Waals surface area contributed by atoms with Crippen LogP contribution in [0.25, 0.3) is 11.1 Å². The van der Waals surface area contributed by atoms with Gasteiger partial charge in [-0.15, -0.1) is 13.2 Å². The van der Waals surface area contributed by atoms with Crippen LogP contribution in [0, 0.1) is 0 Å². The Bertz CT molecular complexity index is 958. The van der Waals surface area contributed by atoms with Gasteiger partial charge in [0, 0.05) is 38.5 Å². The molecule has 31 heavy (non-hydrogen) atoms. The van der Waals surface area contributed by atoms with Crippen molar-refractivity contribution < 1.29 is 31.8 Å². The molecule has 1 heterocycles. The van der Waals surface area contributed by atoms with Crippen molar-refractivity contribution in [2.45, 2.75) is 25.2 Å². The van der Waals surface area contributed by atoms with Crippen LogP contribution in [0.2, 0.25) is 0 Å². The Kier molecular flexibility index (Phi) is 7.09. The molecule has 0 spiro atoms. The molecule has 6 nitrogen and oxygen atoms in total. The van der Waals surface area contributed by atoms with Crippen LogP contribution in [0.3, 0.4) is 0 Å². The molecule has 1 unspecified atom stereocenters. The first kappa shape index (κ1) is 23.3. The molecule has 0 aromatic heterocycles. The van der Waals surface area contributed by atoms with Gasteiger partial charge in [0.05, 0.1) is 0 Å². The van der Waals surface area contributed by atoms with Crippen molar-refractivity contribution in [3.05, 3.63) is 54.1 Å². The molecule has 3 rings (SSSR count). The summed E-state index contributed by atoms with van der Waals surface area (Å²) in [5.41, 5.74) is 1.82. The maximum Gasteiger partial charge on any atom is 0.573 e. The number of carbonyl (C=O) groups excluding carboxylic acids is 1. The van der Waals surface area contributed by atoms with Crippen molar-refractivity contribution in [3.63, 3.8) is 0 Å². The summed E-state index contributed by atoms with van der Waals surface area (Å²) >= 11 is 0. The van der Waals surface area contributed by atoms with Gasteiger partial charge in [-0.2, -0.15) is 0 Å². The maximum absolute atomic E-state index is 12.7. The molecular formula is C21H24F3N2O4P. The SMILES string of the molecule is COP(C)(=O)N1CCC(NC(=O)c2cccc(-c3ccc(OC(F)(F)F)cc3)c2)CC1. The van der Waals surface area contributed by atoms with E-state index in [2.05, 4.69) is 10.1 Å². The van der Waals surface area contributed by atoms with E-state index in [1.54, 1.807) is 30.9 Å². The summed E-state index contributed by atoms with van der Waals surface area (Å²) in [6, 6.07) is 12.3. The first-order valence-corrected chi connectivity index (χ1v) is 11.8. The minimum Gasteiger partial charge on any atom is -0.406 e. The van der Waals surface area contributed by atoms with Crippen LogP contribution < -0.4 is 10.1 Å². The van der Waals surface area contributed by atoms with Gasteiger partial charge in [-0.25, -0.2) is 4.67 Å². The van der Waals surface area contributed by atoms with E-state index in [1.807, 2.05) is 4.67 Å². The van der Waals surface area contributed by atoms with Crippen molar-refractivity contribution in [2.24, 2.45) is 0 Å². The smallest absolute Gasteiger partial charge is 0.406 e. The monoisotopic (exact) mass is 456 g/mol. The zero-order valence-corrected chi connectivity index (χ0v) is 18.1. The van der Waals surface area contributed by atoms with E-state index in [-0.39, 0.29) is 17.7 Å². The Morgan fingerprint density at radius 1 is 1.10 bits per heavy atom. The number of halogens is 3. The number of alkyl halides is 3. The van der Waals surface area contributed by atoms with Gasteiger partial charge in [0.25, 0.3) is 13.4 Å². The fourth-order valence-corrected chi connectivity index (χ4v) is 4.64. The summed E-state index contributed by atoms with van der Waals surface area (Å²) in [7, 11) is -1.35. The van der Waals surface area contributed by atoms with Crippen molar-refractivity contribution in [2.75, 3.05) is 26.9 Å². The molecule has 10 heteroatoms. The summed E-state index contributed by atoms with van der Waals surface area (Å²) in [6.45, 7) is 2.72. The van der Waals surface area contributed by atoms with E-state index in [0.717, 1.165) is 0 Å². The van der Waals surface area contributed by atoms with Crippen molar-refractivity contribution in [1.82, 2.24) is 9.99 Å². The van der Waals surface area contributed by atoms with Crippen LogP contribution in [-0.4, -0.2) is 49.8 Å². The van der Waals surface area contributed by atoms with Gasteiger partial charge in [-0.05, 0) is 48.2 Å².